The van der Waals surface area contributed by atoms with Gasteiger partial charge in [-0.25, -0.2) is 0 Å². The summed E-state index contributed by atoms with van der Waals surface area (Å²) >= 11 is 0. The largest absolute Gasteiger partial charge is 0.389 e. The number of likely N-dealkylation sites (N-methyl/N-ethyl adjacent to an activating group) is 1. The molecule has 0 saturated carbocycles. The number of ether oxygens (including phenoxy) is 1. The molecule has 1 rings (SSSR count). The van der Waals surface area contributed by atoms with Gasteiger partial charge in [-0.05, 0) is 38.3 Å². The fourth-order valence-corrected chi connectivity index (χ4v) is 2.47. The number of hydrogen-bond acceptors (Lipinski definition) is 4. The Hall–Kier alpha value is -0.160. The fourth-order valence-electron chi connectivity index (χ4n) is 2.47. The van der Waals surface area contributed by atoms with E-state index in [0.717, 1.165) is 32.0 Å². The van der Waals surface area contributed by atoms with Gasteiger partial charge in [0.05, 0.1) is 12.7 Å². The molecular weight excluding hydrogens is 228 g/mol. The Morgan fingerprint density at radius 2 is 2.33 bits per heavy atom. The molecule has 4 heteroatoms. The van der Waals surface area contributed by atoms with Gasteiger partial charge in [-0.15, -0.1) is 0 Å². The van der Waals surface area contributed by atoms with Crippen LogP contribution in [0.5, 0.6) is 0 Å². The van der Waals surface area contributed by atoms with Crippen molar-refractivity contribution in [2.75, 3.05) is 45.9 Å². The summed E-state index contributed by atoms with van der Waals surface area (Å²) in [7, 11) is 0. The first kappa shape index (κ1) is 15.9. The SMILES string of the molecule is CCNCC(O)COCCCN1CCCC(C)C1. The van der Waals surface area contributed by atoms with E-state index >= 15 is 0 Å². The highest BCUT2D eigenvalue weighted by Gasteiger charge is 2.15. The molecule has 0 aromatic heterocycles. The molecule has 108 valence electrons. The first-order valence-electron chi connectivity index (χ1n) is 7.41. The Kier molecular flexibility index (Phi) is 8.59. The lowest BCUT2D eigenvalue weighted by atomic mass is 10.0. The molecule has 0 spiro atoms. The number of hydrogen-bond donors (Lipinski definition) is 2. The predicted octanol–water partition coefficient (Wildman–Crippen LogP) is 1.10. The van der Waals surface area contributed by atoms with Crippen LogP contribution < -0.4 is 5.32 Å². The van der Waals surface area contributed by atoms with Crippen LogP contribution in [0.1, 0.15) is 33.1 Å². The van der Waals surface area contributed by atoms with Crippen molar-refractivity contribution >= 4 is 0 Å². The molecule has 0 aliphatic carbocycles. The summed E-state index contributed by atoms with van der Waals surface area (Å²) in [5.74, 6) is 0.849. The molecule has 0 amide bonds. The first-order chi connectivity index (χ1) is 8.72. The lowest BCUT2D eigenvalue weighted by Crippen LogP contribution is -2.35. The van der Waals surface area contributed by atoms with Crippen molar-refractivity contribution in [1.82, 2.24) is 10.2 Å². The molecule has 2 N–H and O–H groups in total. The van der Waals surface area contributed by atoms with Crippen LogP contribution in [0, 0.1) is 5.92 Å². The van der Waals surface area contributed by atoms with Gasteiger partial charge in [0.25, 0.3) is 0 Å². The minimum atomic E-state index is -0.375. The number of rotatable bonds is 9. The zero-order valence-electron chi connectivity index (χ0n) is 12.0. The molecule has 1 aliphatic rings. The standard InChI is InChI=1S/C14H30N2O2/c1-3-15-10-14(17)12-18-9-5-8-16-7-4-6-13(2)11-16/h13-15,17H,3-12H2,1-2H3. The molecule has 0 radical (unpaired) electrons. The second-order valence-electron chi connectivity index (χ2n) is 5.44. The summed E-state index contributed by atoms with van der Waals surface area (Å²) in [4.78, 5) is 2.53. The van der Waals surface area contributed by atoms with Crippen LogP contribution in [0.15, 0.2) is 0 Å². The van der Waals surface area contributed by atoms with Gasteiger partial charge in [0, 0.05) is 26.2 Å². The van der Waals surface area contributed by atoms with Crippen molar-refractivity contribution in [3.05, 3.63) is 0 Å². The molecule has 0 aromatic rings. The van der Waals surface area contributed by atoms with Crippen molar-refractivity contribution in [2.24, 2.45) is 5.92 Å². The fraction of sp³-hybridized carbons (Fsp3) is 1.00. The topological polar surface area (TPSA) is 44.7 Å². The molecule has 1 fully saturated rings. The third kappa shape index (κ3) is 7.31. The Morgan fingerprint density at radius 3 is 3.06 bits per heavy atom. The van der Waals surface area contributed by atoms with E-state index in [9.17, 15) is 5.11 Å². The molecule has 0 aromatic carbocycles. The van der Waals surface area contributed by atoms with Crippen molar-refractivity contribution in [3.8, 4) is 0 Å². The van der Waals surface area contributed by atoms with Gasteiger partial charge in [0.2, 0.25) is 0 Å². The van der Waals surface area contributed by atoms with Crippen LogP contribution in [-0.4, -0.2) is 62.0 Å². The smallest absolute Gasteiger partial charge is 0.0897 e. The average molecular weight is 258 g/mol. The van der Waals surface area contributed by atoms with E-state index in [-0.39, 0.29) is 6.10 Å². The number of nitrogens with zero attached hydrogens (tertiary/aromatic N) is 1. The van der Waals surface area contributed by atoms with Gasteiger partial charge in [-0.3, -0.25) is 0 Å². The van der Waals surface area contributed by atoms with Gasteiger partial charge in [-0.2, -0.15) is 0 Å². The first-order valence-corrected chi connectivity index (χ1v) is 7.41. The molecule has 1 saturated heterocycles. The zero-order chi connectivity index (χ0) is 13.2. The maximum atomic E-state index is 9.57. The Labute approximate surface area is 112 Å². The van der Waals surface area contributed by atoms with E-state index in [0.29, 0.717) is 13.2 Å². The average Bonchev–Trinajstić information content (AvgIpc) is 2.36. The van der Waals surface area contributed by atoms with Crippen molar-refractivity contribution in [3.63, 3.8) is 0 Å². The maximum Gasteiger partial charge on any atom is 0.0897 e. The lowest BCUT2D eigenvalue weighted by Gasteiger charge is -2.30. The van der Waals surface area contributed by atoms with Crippen LogP contribution >= 0.6 is 0 Å². The summed E-state index contributed by atoms with van der Waals surface area (Å²) in [5.41, 5.74) is 0. The molecule has 18 heavy (non-hydrogen) atoms. The highest BCUT2D eigenvalue weighted by atomic mass is 16.5. The molecule has 4 nitrogen and oxygen atoms in total. The van der Waals surface area contributed by atoms with Crippen LogP contribution in [0.4, 0.5) is 0 Å². The molecule has 2 atom stereocenters. The minimum Gasteiger partial charge on any atom is -0.389 e. The lowest BCUT2D eigenvalue weighted by molar-refractivity contribution is 0.0322. The van der Waals surface area contributed by atoms with Crippen LogP contribution in [0.25, 0.3) is 0 Å². The molecule has 1 heterocycles. The highest BCUT2D eigenvalue weighted by molar-refractivity contribution is 4.69. The van der Waals surface area contributed by atoms with Crippen molar-refractivity contribution in [2.45, 2.75) is 39.2 Å². The van der Waals surface area contributed by atoms with Gasteiger partial charge >= 0.3 is 0 Å². The van der Waals surface area contributed by atoms with Crippen molar-refractivity contribution < 1.29 is 9.84 Å². The molecular formula is C14H30N2O2. The molecule has 2 unspecified atom stereocenters. The van der Waals surface area contributed by atoms with E-state index in [4.69, 9.17) is 4.74 Å². The van der Waals surface area contributed by atoms with Gasteiger partial charge in [-0.1, -0.05) is 13.8 Å². The van der Waals surface area contributed by atoms with E-state index in [2.05, 4.69) is 17.1 Å². The van der Waals surface area contributed by atoms with E-state index in [1.54, 1.807) is 0 Å². The summed E-state index contributed by atoms with van der Waals surface area (Å²) in [6, 6.07) is 0. The minimum absolute atomic E-state index is 0.375. The van der Waals surface area contributed by atoms with E-state index in [1.165, 1.54) is 25.9 Å². The third-order valence-electron chi connectivity index (χ3n) is 3.44. The monoisotopic (exact) mass is 258 g/mol. The maximum absolute atomic E-state index is 9.57. The predicted molar refractivity (Wildman–Crippen MR) is 74.8 cm³/mol. The van der Waals surface area contributed by atoms with Gasteiger partial charge in [0.15, 0.2) is 0 Å². The molecule has 1 aliphatic heterocycles. The second-order valence-corrected chi connectivity index (χ2v) is 5.44. The summed E-state index contributed by atoms with van der Waals surface area (Å²) < 4.78 is 5.49. The molecule has 0 bridgehead atoms. The number of nitrogens with one attached hydrogen (secondary N) is 1. The number of piperidine rings is 1. The Bertz CT molecular complexity index is 202. The second kappa shape index (κ2) is 9.73. The quantitative estimate of drug-likeness (QED) is 0.608. The normalized spacial score (nSPS) is 23.2. The van der Waals surface area contributed by atoms with E-state index < -0.39 is 0 Å². The van der Waals surface area contributed by atoms with Gasteiger partial charge in [0.1, 0.15) is 0 Å². The van der Waals surface area contributed by atoms with Crippen molar-refractivity contribution in [1.29, 1.82) is 0 Å². The van der Waals surface area contributed by atoms with E-state index in [1.807, 2.05) is 6.92 Å². The summed E-state index contributed by atoms with van der Waals surface area (Å²) in [5, 5.41) is 12.7. The third-order valence-corrected chi connectivity index (χ3v) is 3.44. The van der Waals surface area contributed by atoms with Crippen LogP contribution in [-0.2, 0) is 4.74 Å². The summed E-state index contributed by atoms with van der Waals surface area (Å²) in [6.07, 6.45) is 3.41. The Morgan fingerprint density at radius 1 is 1.50 bits per heavy atom. The Balaban J connectivity index is 1.91. The van der Waals surface area contributed by atoms with Gasteiger partial charge < -0.3 is 20.1 Å². The highest BCUT2D eigenvalue weighted by Crippen LogP contribution is 2.15. The number of likely N-dealkylation sites (tertiary alicyclic amines) is 1. The number of aliphatic hydroxyl groups is 1. The number of aliphatic hydroxyl groups excluding tert-OH is 1. The summed E-state index contributed by atoms with van der Waals surface area (Å²) in [6.45, 7) is 10.7. The van der Waals surface area contributed by atoms with Crippen LogP contribution in [0.2, 0.25) is 0 Å². The van der Waals surface area contributed by atoms with Crippen LogP contribution in [0.3, 0.4) is 0 Å². The zero-order valence-corrected chi connectivity index (χ0v) is 12.0.